The first kappa shape index (κ1) is 18.0. The highest BCUT2D eigenvalue weighted by atomic mass is 35.5. The third-order valence-corrected chi connectivity index (χ3v) is 3.59. The van der Waals surface area contributed by atoms with Crippen molar-refractivity contribution in [2.24, 2.45) is 5.10 Å². The maximum Gasteiger partial charge on any atom is 0.428 e. The molecular weight excluding hydrogens is 342 g/mol. The zero-order valence-corrected chi connectivity index (χ0v) is 12.0. The monoisotopic (exact) mass is 350 g/mol. The van der Waals surface area contributed by atoms with Gasteiger partial charge in [0.25, 0.3) is 0 Å². The standard InChI is InChI=1S/C11H9ClF6N2S/c1-6-2-7(12)8(20-19-4-10(13,14)15)3-9(6)21-5-11(16,17)18/h2-4,20H,5H2,1H3. The molecule has 0 saturated heterocycles. The number of thioether (sulfide) groups is 1. The molecule has 21 heavy (non-hydrogen) atoms. The molecular formula is C11H9ClF6N2S. The maximum absolute atomic E-state index is 12.2. The summed E-state index contributed by atoms with van der Waals surface area (Å²) in [6.45, 7) is 1.55. The predicted molar refractivity (Wildman–Crippen MR) is 71.1 cm³/mol. The fraction of sp³-hybridized carbons (Fsp3) is 0.364. The summed E-state index contributed by atoms with van der Waals surface area (Å²) in [6.07, 6.45) is -9.23. The number of nitrogens with one attached hydrogen (secondary N) is 1. The quantitative estimate of drug-likeness (QED) is 0.346. The largest absolute Gasteiger partial charge is 0.428 e. The first-order valence-corrected chi connectivity index (χ1v) is 6.71. The number of halogens is 7. The second kappa shape index (κ2) is 6.78. The van der Waals surface area contributed by atoms with E-state index in [1.165, 1.54) is 12.1 Å². The number of aryl methyl sites for hydroxylation is 1. The van der Waals surface area contributed by atoms with Crippen LogP contribution in [-0.2, 0) is 0 Å². The Bertz CT molecular complexity index is 527. The molecule has 0 spiro atoms. The number of nitrogens with zero attached hydrogens (tertiary/aromatic N) is 1. The van der Waals surface area contributed by atoms with Crippen LogP contribution in [0.15, 0.2) is 22.1 Å². The van der Waals surface area contributed by atoms with Crippen molar-refractivity contribution in [3.05, 3.63) is 22.7 Å². The van der Waals surface area contributed by atoms with Crippen LogP contribution in [0.2, 0.25) is 5.02 Å². The Morgan fingerprint density at radius 1 is 1.24 bits per heavy atom. The van der Waals surface area contributed by atoms with Crippen LogP contribution >= 0.6 is 23.4 Å². The lowest BCUT2D eigenvalue weighted by atomic mass is 10.2. The average Bonchev–Trinajstić information content (AvgIpc) is 2.27. The minimum absolute atomic E-state index is 0.00700. The van der Waals surface area contributed by atoms with E-state index < -0.39 is 18.1 Å². The molecule has 0 atom stereocenters. The summed E-state index contributed by atoms with van der Waals surface area (Å²) in [4.78, 5) is 0.251. The predicted octanol–water partition coefficient (Wildman–Crippen LogP) is 5.26. The second-order valence-corrected chi connectivity index (χ2v) is 5.34. The molecule has 1 aromatic carbocycles. The van der Waals surface area contributed by atoms with E-state index in [0.717, 1.165) is 0 Å². The lowest BCUT2D eigenvalue weighted by molar-refractivity contribution is -0.105. The van der Waals surface area contributed by atoms with Crippen LogP contribution < -0.4 is 5.43 Å². The third-order valence-electron chi connectivity index (χ3n) is 2.05. The van der Waals surface area contributed by atoms with Gasteiger partial charge in [-0.05, 0) is 24.6 Å². The number of rotatable bonds is 4. The van der Waals surface area contributed by atoms with E-state index in [1.54, 1.807) is 6.92 Å². The number of hydrogen-bond donors (Lipinski definition) is 1. The molecule has 0 aliphatic heterocycles. The van der Waals surface area contributed by atoms with Crippen LogP contribution in [0.25, 0.3) is 0 Å². The van der Waals surface area contributed by atoms with Crippen molar-refractivity contribution in [3.63, 3.8) is 0 Å². The Labute approximate surface area is 125 Å². The minimum atomic E-state index is -4.60. The Morgan fingerprint density at radius 3 is 2.38 bits per heavy atom. The molecule has 118 valence electrons. The molecule has 0 fully saturated rings. The molecule has 0 saturated carbocycles. The molecule has 0 aromatic heterocycles. The highest BCUT2D eigenvalue weighted by Gasteiger charge is 2.27. The van der Waals surface area contributed by atoms with Crippen molar-refractivity contribution in [1.82, 2.24) is 0 Å². The summed E-state index contributed by atoms with van der Waals surface area (Å²) in [5.41, 5.74) is 2.54. The van der Waals surface area contributed by atoms with Gasteiger partial charge in [0.05, 0.1) is 16.5 Å². The van der Waals surface area contributed by atoms with Crippen molar-refractivity contribution < 1.29 is 26.3 Å². The molecule has 0 heterocycles. The smallest absolute Gasteiger partial charge is 0.277 e. The zero-order chi connectivity index (χ0) is 16.3. The van der Waals surface area contributed by atoms with E-state index in [1.807, 2.05) is 0 Å². The Balaban J connectivity index is 2.88. The lowest BCUT2D eigenvalue weighted by Gasteiger charge is -2.11. The van der Waals surface area contributed by atoms with Gasteiger partial charge in [-0.2, -0.15) is 31.4 Å². The molecule has 0 bridgehead atoms. The molecule has 1 rings (SSSR count). The minimum Gasteiger partial charge on any atom is -0.277 e. The summed E-state index contributed by atoms with van der Waals surface area (Å²) >= 11 is 6.31. The number of hydrogen-bond acceptors (Lipinski definition) is 3. The number of benzene rings is 1. The topological polar surface area (TPSA) is 24.4 Å². The van der Waals surface area contributed by atoms with Crippen LogP contribution in [0.1, 0.15) is 5.56 Å². The molecule has 1 aromatic rings. The SMILES string of the molecule is Cc1cc(Cl)c(NN=CC(F)(F)F)cc1SCC(F)(F)F. The molecule has 0 aliphatic carbocycles. The lowest BCUT2D eigenvalue weighted by Crippen LogP contribution is -2.11. The van der Waals surface area contributed by atoms with Gasteiger partial charge in [-0.1, -0.05) is 11.6 Å². The van der Waals surface area contributed by atoms with Crippen LogP contribution in [0.5, 0.6) is 0 Å². The molecule has 0 radical (unpaired) electrons. The second-order valence-electron chi connectivity index (χ2n) is 3.91. The maximum atomic E-state index is 12.2. The fourth-order valence-electron chi connectivity index (χ4n) is 1.23. The van der Waals surface area contributed by atoms with Crippen LogP contribution in [0.3, 0.4) is 0 Å². The van der Waals surface area contributed by atoms with Crippen LogP contribution in [0.4, 0.5) is 32.0 Å². The number of alkyl halides is 6. The van der Waals surface area contributed by atoms with E-state index in [2.05, 4.69) is 10.5 Å². The molecule has 1 N–H and O–H groups in total. The van der Waals surface area contributed by atoms with E-state index in [4.69, 9.17) is 11.6 Å². The van der Waals surface area contributed by atoms with Gasteiger partial charge in [-0.3, -0.25) is 5.43 Å². The highest BCUT2D eigenvalue weighted by molar-refractivity contribution is 7.99. The molecule has 2 nitrogen and oxygen atoms in total. The van der Waals surface area contributed by atoms with E-state index >= 15 is 0 Å². The molecule has 10 heteroatoms. The third kappa shape index (κ3) is 6.94. The zero-order valence-electron chi connectivity index (χ0n) is 10.4. The Hall–Kier alpha value is -1.09. The van der Waals surface area contributed by atoms with Gasteiger partial charge in [0.2, 0.25) is 0 Å². The summed E-state index contributed by atoms with van der Waals surface area (Å²) in [5.74, 6) is -1.11. The number of anilines is 1. The Morgan fingerprint density at radius 2 is 1.86 bits per heavy atom. The van der Waals surface area contributed by atoms with Gasteiger partial charge in [-0.15, -0.1) is 11.8 Å². The van der Waals surface area contributed by atoms with Crippen molar-refractivity contribution in [3.8, 4) is 0 Å². The van der Waals surface area contributed by atoms with E-state index in [9.17, 15) is 26.3 Å². The first-order chi connectivity index (χ1) is 9.48. The van der Waals surface area contributed by atoms with Crippen molar-refractivity contribution in [2.45, 2.75) is 24.2 Å². The van der Waals surface area contributed by atoms with Gasteiger partial charge in [0.15, 0.2) is 0 Å². The van der Waals surface area contributed by atoms with E-state index in [-0.39, 0.29) is 21.8 Å². The summed E-state index contributed by atoms with van der Waals surface area (Å²) in [6, 6.07) is 2.58. The molecule has 0 aliphatic rings. The van der Waals surface area contributed by atoms with E-state index in [0.29, 0.717) is 17.3 Å². The highest BCUT2D eigenvalue weighted by Crippen LogP contribution is 2.34. The van der Waals surface area contributed by atoms with Gasteiger partial charge in [0.1, 0.15) is 6.21 Å². The van der Waals surface area contributed by atoms with Gasteiger partial charge >= 0.3 is 12.4 Å². The van der Waals surface area contributed by atoms with Crippen molar-refractivity contribution >= 4 is 35.3 Å². The van der Waals surface area contributed by atoms with Gasteiger partial charge in [-0.25, -0.2) is 0 Å². The first-order valence-electron chi connectivity index (χ1n) is 5.34. The van der Waals surface area contributed by atoms with Gasteiger partial charge < -0.3 is 0 Å². The fourth-order valence-corrected chi connectivity index (χ4v) is 2.30. The van der Waals surface area contributed by atoms with Crippen LogP contribution in [-0.4, -0.2) is 24.3 Å². The molecule has 0 amide bonds. The number of hydrazone groups is 1. The van der Waals surface area contributed by atoms with Gasteiger partial charge in [0, 0.05) is 4.90 Å². The summed E-state index contributed by atoms with van der Waals surface area (Å²) in [7, 11) is 0. The average molecular weight is 351 g/mol. The van der Waals surface area contributed by atoms with Crippen LogP contribution in [0, 0.1) is 6.92 Å². The van der Waals surface area contributed by atoms with Crippen molar-refractivity contribution in [1.29, 1.82) is 0 Å². The summed E-state index contributed by atoms with van der Waals surface area (Å²) in [5, 5.41) is 3.00. The summed E-state index contributed by atoms with van der Waals surface area (Å²) < 4.78 is 72.2. The normalized spacial score (nSPS) is 13.0. The van der Waals surface area contributed by atoms with Crippen molar-refractivity contribution in [2.75, 3.05) is 11.2 Å². The Kier molecular flexibility index (Phi) is 5.80. The molecule has 0 unspecified atom stereocenters.